The van der Waals surface area contributed by atoms with Crippen LogP contribution in [0.5, 0.6) is 0 Å². The van der Waals surface area contributed by atoms with Gasteiger partial charge in [0.1, 0.15) is 5.60 Å². The van der Waals surface area contributed by atoms with Crippen molar-refractivity contribution in [3.8, 4) is 11.1 Å². The molecule has 0 unspecified atom stereocenters. The average molecular weight is 316 g/mol. The summed E-state index contributed by atoms with van der Waals surface area (Å²) in [5, 5.41) is 0. The van der Waals surface area contributed by atoms with Crippen molar-refractivity contribution in [2.75, 3.05) is 11.9 Å². The van der Waals surface area contributed by atoms with Crippen LogP contribution in [0.1, 0.15) is 26.3 Å². The number of hydrogen-bond donors (Lipinski definition) is 0. The number of hydrogen-bond acceptors (Lipinski definition) is 3. The summed E-state index contributed by atoms with van der Waals surface area (Å²) < 4.78 is 18.4. The lowest BCUT2D eigenvalue weighted by molar-refractivity contribution is 0.0589. The highest BCUT2D eigenvalue weighted by molar-refractivity contribution is 5.88. The van der Waals surface area contributed by atoms with Crippen molar-refractivity contribution in [2.45, 2.75) is 33.3 Å². The maximum absolute atomic E-state index is 13.0. The molecule has 1 amide bonds. The maximum atomic E-state index is 13.0. The summed E-state index contributed by atoms with van der Waals surface area (Å²) in [4.78, 5) is 17.3. The SMILES string of the molecule is Cc1cc(-c2ccc(F)nc2)cc(N(C)C(=O)OC(C)(C)C)c1. The predicted molar refractivity (Wildman–Crippen MR) is 89.0 cm³/mol. The first kappa shape index (κ1) is 16.9. The van der Waals surface area contributed by atoms with Gasteiger partial charge in [-0.3, -0.25) is 4.90 Å². The van der Waals surface area contributed by atoms with Crippen molar-refractivity contribution in [1.29, 1.82) is 0 Å². The molecule has 0 bridgehead atoms. The van der Waals surface area contributed by atoms with Gasteiger partial charge >= 0.3 is 6.09 Å². The second-order valence-electron chi connectivity index (χ2n) is 6.47. The molecular formula is C18H21FN2O2. The number of pyridine rings is 1. The van der Waals surface area contributed by atoms with Gasteiger partial charge < -0.3 is 4.74 Å². The molecule has 0 spiro atoms. The van der Waals surface area contributed by atoms with Crippen LogP contribution in [0.4, 0.5) is 14.9 Å². The molecular weight excluding hydrogens is 295 g/mol. The molecule has 0 fully saturated rings. The third-order valence-electron chi connectivity index (χ3n) is 3.18. The maximum Gasteiger partial charge on any atom is 0.414 e. The lowest BCUT2D eigenvalue weighted by Crippen LogP contribution is -2.34. The van der Waals surface area contributed by atoms with E-state index < -0.39 is 17.6 Å². The summed E-state index contributed by atoms with van der Waals surface area (Å²) in [7, 11) is 1.66. The molecule has 0 saturated heterocycles. The smallest absolute Gasteiger partial charge is 0.414 e. The highest BCUT2D eigenvalue weighted by atomic mass is 19.1. The van der Waals surface area contributed by atoms with E-state index in [9.17, 15) is 9.18 Å². The predicted octanol–water partition coefficient (Wildman–Crippen LogP) is 4.57. The number of ether oxygens (including phenoxy) is 1. The summed E-state index contributed by atoms with van der Waals surface area (Å²) in [6.07, 6.45) is 1.05. The minimum atomic E-state index is -0.557. The standard InChI is InChI=1S/C18H21FN2O2/c1-12-8-14(13-6-7-16(19)20-11-13)10-15(9-12)21(5)17(22)23-18(2,3)4/h6-11H,1-5H3. The monoisotopic (exact) mass is 316 g/mol. The third kappa shape index (κ3) is 4.52. The second kappa shape index (κ2) is 6.36. The lowest BCUT2D eigenvalue weighted by atomic mass is 10.0. The highest BCUT2D eigenvalue weighted by Gasteiger charge is 2.21. The van der Waals surface area contributed by atoms with Crippen LogP contribution in [0.25, 0.3) is 11.1 Å². The van der Waals surface area contributed by atoms with E-state index in [1.54, 1.807) is 13.1 Å². The van der Waals surface area contributed by atoms with Crippen molar-refractivity contribution in [3.05, 3.63) is 48.0 Å². The molecule has 0 radical (unpaired) electrons. The van der Waals surface area contributed by atoms with Crippen molar-refractivity contribution in [3.63, 3.8) is 0 Å². The van der Waals surface area contributed by atoms with E-state index in [0.717, 1.165) is 16.7 Å². The van der Waals surface area contributed by atoms with E-state index in [1.165, 1.54) is 17.2 Å². The fourth-order valence-corrected chi connectivity index (χ4v) is 2.11. The largest absolute Gasteiger partial charge is 0.443 e. The van der Waals surface area contributed by atoms with Crippen LogP contribution >= 0.6 is 0 Å². The minimum absolute atomic E-state index is 0.425. The quantitative estimate of drug-likeness (QED) is 0.762. The highest BCUT2D eigenvalue weighted by Crippen LogP contribution is 2.27. The Balaban J connectivity index is 2.33. The zero-order valence-corrected chi connectivity index (χ0v) is 14.1. The molecule has 0 atom stereocenters. The van der Waals surface area contributed by atoms with E-state index in [2.05, 4.69) is 4.98 Å². The Bertz CT molecular complexity index is 706. The molecule has 1 aromatic heterocycles. The first-order chi connectivity index (χ1) is 10.7. The summed E-state index contributed by atoms with van der Waals surface area (Å²) >= 11 is 0. The molecule has 23 heavy (non-hydrogen) atoms. The number of halogens is 1. The molecule has 5 heteroatoms. The molecule has 0 saturated carbocycles. The number of nitrogens with zero attached hydrogens (tertiary/aromatic N) is 2. The van der Waals surface area contributed by atoms with Crippen LogP contribution in [-0.2, 0) is 4.74 Å². The zero-order valence-electron chi connectivity index (χ0n) is 14.1. The molecule has 2 rings (SSSR count). The Morgan fingerprint density at radius 3 is 2.43 bits per heavy atom. The fraction of sp³-hybridized carbons (Fsp3) is 0.333. The van der Waals surface area contributed by atoms with Gasteiger partial charge in [-0.25, -0.2) is 9.78 Å². The van der Waals surface area contributed by atoms with Gasteiger partial charge in [0.05, 0.1) is 0 Å². The van der Waals surface area contributed by atoms with Gasteiger partial charge in [-0.05, 0) is 63.1 Å². The summed E-state index contributed by atoms with van der Waals surface area (Å²) in [6, 6.07) is 8.68. The normalized spacial score (nSPS) is 11.2. The van der Waals surface area contributed by atoms with Gasteiger partial charge in [0, 0.05) is 24.5 Å². The van der Waals surface area contributed by atoms with Crippen LogP contribution in [0, 0.1) is 12.9 Å². The molecule has 0 aliphatic heterocycles. The summed E-state index contributed by atoms with van der Waals surface area (Å²) in [6.45, 7) is 7.41. The van der Waals surface area contributed by atoms with Crippen molar-refractivity contribution in [2.24, 2.45) is 0 Å². The van der Waals surface area contributed by atoms with Crippen molar-refractivity contribution < 1.29 is 13.9 Å². The number of carbonyl (C=O) groups is 1. The van der Waals surface area contributed by atoms with Crippen LogP contribution in [0.2, 0.25) is 0 Å². The first-order valence-corrected chi connectivity index (χ1v) is 7.36. The average Bonchev–Trinajstić information content (AvgIpc) is 2.44. The number of anilines is 1. The first-order valence-electron chi connectivity index (χ1n) is 7.36. The van der Waals surface area contributed by atoms with E-state index >= 15 is 0 Å². The van der Waals surface area contributed by atoms with Crippen molar-refractivity contribution in [1.82, 2.24) is 4.98 Å². The molecule has 0 N–H and O–H groups in total. The molecule has 0 aliphatic carbocycles. The minimum Gasteiger partial charge on any atom is -0.443 e. The van der Waals surface area contributed by atoms with Gasteiger partial charge in [-0.2, -0.15) is 4.39 Å². The number of aromatic nitrogens is 1. The Kier molecular flexibility index (Phi) is 4.68. The van der Waals surface area contributed by atoms with Gasteiger partial charge in [-0.1, -0.05) is 6.07 Å². The van der Waals surface area contributed by atoms with Gasteiger partial charge in [0.15, 0.2) is 0 Å². The zero-order chi connectivity index (χ0) is 17.2. The number of carbonyl (C=O) groups excluding carboxylic acids is 1. The number of amides is 1. The van der Waals surface area contributed by atoms with Crippen LogP contribution in [0.15, 0.2) is 36.5 Å². The summed E-state index contributed by atoms with van der Waals surface area (Å²) in [5.74, 6) is -0.521. The van der Waals surface area contributed by atoms with Crippen LogP contribution < -0.4 is 4.90 Å². The van der Waals surface area contributed by atoms with E-state index in [4.69, 9.17) is 4.74 Å². The van der Waals surface area contributed by atoms with Gasteiger partial charge in [0.25, 0.3) is 0 Å². The number of benzene rings is 1. The molecule has 4 nitrogen and oxygen atoms in total. The Labute approximate surface area is 135 Å². The van der Waals surface area contributed by atoms with Crippen molar-refractivity contribution >= 4 is 11.8 Å². The molecule has 122 valence electrons. The van der Waals surface area contributed by atoms with E-state index in [0.29, 0.717) is 5.69 Å². The summed E-state index contributed by atoms with van der Waals surface area (Å²) in [5.41, 5.74) is 2.78. The number of aryl methyl sites for hydroxylation is 1. The van der Waals surface area contributed by atoms with Gasteiger partial charge in [-0.15, -0.1) is 0 Å². The number of rotatable bonds is 2. The van der Waals surface area contributed by atoms with E-state index in [1.807, 2.05) is 45.9 Å². The Morgan fingerprint density at radius 2 is 1.87 bits per heavy atom. The van der Waals surface area contributed by atoms with Gasteiger partial charge in [0.2, 0.25) is 5.95 Å². The Hall–Kier alpha value is -2.43. The third-order valence-corrected chi connectivity index (χ3v) is 3.18. The van der Waals surface area contributed by atoms with Crippen LogP contribution in [-0.4, -0.2) is 23.7 Å². The van der Waals surface area contributed by atoms with E-state index in [-0.39, 0.29) is 0 Å². The van der Waals surface area contributed by atoms with Crippen LogP contribution in [0.3, 0.4) is 0 Å². The second-order valence-corrected chi connectivity index (χ2v) is 6.47. The lowest BCUT2D eigenvalue weighted by Gasteiger charge is -2.25. The molecule has 1 aromatic carbocycles. The topological polar surface area (TPSA) is 42.4 Å². The Morgan fingerprint density at radius 1 is 1.17 bits per heavy atom. The molecule has 2 aromatic rings. The molecule has 1 heterocycles. The fourth-order valence-electron chi connectivity index (χ4n) is 2.11. The molecule has 0 aliphatic rings.